The predicted molar refractivity (Wildman–Crippen MR) is 78.8 cm³/mol. The molecule has 1 unspecified atom stereocenters. The number of nitrogens with zero attached hydrogens (tertiary/aromatic N) is 2. The van der Waals surface area contributed by atoms with Gasteiger partial charge in [-0.25, -0.2) is 0 Å². The molecule has 4 heteroatoms. The molecule has 106 valence electrons. The van der Waals surface area contributed by atoms with E-state index in [0.717, 1.165) is 25.1 Å². The summed E-state index contributed by atoms with van der Waals surface area (Å²) in [5.41, 5.74) is 5.31. The lowest BCUT2D eigenvalue weighted by Gasteiger charge is -2.14. The monoisotopic (exact) mass is 271 g/mol. The maximum atomic E-state index is 5.33. The van der Waals surface area contributed by atoms with E-state index < -0.39 is 0 Å². The fourth-order valence-corrected chi connectivity index (χ4v) is 2.87. The van der Waals surface area contributed by atoms with E-state index in [1.54, 1.807) is 7.11 Å². The lowest BCUT2D eigenvalue weighted by molar-refractivity contribution is 0.413. The smallest absolute Gasteiger partial charge is 0.119 e. The lowest BCUT2D eigenvalue weighted by Crippen LogP contribution is -2.19. The lowest BCUT2D eigenvalue weighted by atomic mass is 10.1. The first-order chi connectivity index (χ1) is 9.69. The Morgan fingerprint density at radius 3 is 3.00 bits per heavy atom. The summed E-state index contributed by atoms with van der Waals surface area (Å²) >= 11 is 0. The number of ether oxygens (including phenoxy) is 1. The Hall–Kier alpha value is -1.81. The molecule has 1 aromatic carbocycles. The van der Waals surface area contributed by atoms with E-state index >= 15 is 0 Å². The van der Waals surface area contributed by atoms with Gasteiger partial charge in [0, 0.05) is 30.9 Å². The van der Waals surface area contributed by atoms with Crippen LogP contribution in [0.15, 0.2) is 24.4 Å². The summed E-state index contributed by atoms with van der Waals surface area (Å²) in [6.07, 6.45) is 4.24. The van der Waals surface area contributed by atoms with Gasteiger partial charge in [-0.15, -0.1) is 0 Å². The van der Waals surface area contributed by atoms with Crippen molar-refractivity contribution in [2.24, 2.45) is 7.05 Å². The standard InChI is InChI=1S/C16H21N3O/c1-11-13(10-18-19(11)2)9-17-16-7-5-12-4-6-14(20-3)8-15(12)16/h4,6,8,10,16-17H,5,7,9H2,1-3H3. The number of benzene rings is 1. The minimum absolute atomic E-state index is 0.416. The number of rotatable bonds is 4. The third-order valence-electron chi connectivity index (χ3n) is 4.31. The van der Waals surface area contributed by atoms with Crippen LogP contribution in [0.4, 0.5) is 0 Å². The Bertz CT molecular complexity index is 618. The summed E-state index contributed by atoms with van der Waals surface area (Å²) in [7, 11) is 3.70. The van der Waals surface area contributed by atoms with E-state index in [0.29, 0.717) is 6.04 Å². The molecule has 0 fully saturated rings. The van der Waals surface area contributed by atoms with Crippen molar-refractivity contribution >= 4 is 0 Å². The molecule has 0 aliphatic heterocycles. The van der Waals surface area contributed by atoms with Crippen LogP contribution in [0.1, 0.15) is 34.8 Å². The Balaban J connectivity index is 1.73. The average molecular weight is 271 g/mol. The largest absolute Gasteiger partial charge is 0.497 e. The second-order valence-electron chi connectivity index (χ2n) is 5.42. The van der Waals surface area contributed by atoms with E-state index in [2.05, 4.69) is 29.5 Å². The summed E-state index contributed by atoms with van der Waals surface area (Å²) in [5, 5.41) is 7.94. The number of nitrogens with one attached hydrogen (secondary N) is 1. The number of hydrogen-bond donors (Lipinski definition) is 1. The van der Waals surface area contributed by atoms with Gasteiger partial charge in [-0.3, -0.25) is 4.68 Å². The molecule has 1 atom stereocenters. The Morgan fingerprint density at radius 2 is 2.30 bits per heavy atom. The van der Waals surface area contributed by atoms with Gasteiger partial charge in [-0.05, 0) is 43.0 Å². The molecule has 3 rings (SSSR count). The van der Waals surface area contributed by atoms with Crippen molar-refractivity contribution in [1.29, 1.82) is 0 Å². The highest BCUT2D eigenvalue weighted by atomic mass is 16.5. The summed E-state index contributed by atoms with van der Waals surface area (Å²) in [5.74, 6) is 0.940. The molecule has 4 nitrogen and oxygen atoms in total. The van der Waals surface area contributed by atoms with Crippen LogP contribution in [0.2, 0.25) is 0 Å². The van der Waals surface area contributed by atoms with Gasteiger partial charge in [-0.2, -0.15) is 5.10 Å². The molecule has 1 aliphatic rings. The fourth-order valence-electron chi connectivity index (χ4n) is 2.87. The van der Waals surface area contributed by atoms with Crippen LogP contribution < -0.4 is 10.1 Å². The molecule has 0 amide bonds. The molecule has 20 heavy (non-hydrogen) atoms. The van der Waals surface area contributed by atoms with E-state index in [4.69, 9.17) is 4.74 Å². The van der Waals surface area contributed by atoms with Crippen LogP contribution >= 0.6 is 0 Å². The highest BCUT2D eigenvalue weighted by molar-refractivity contribution is 5.40. The van der Waals surface area contributed by atoms with Crippen molar-refractivity contribution in [2.45, 2.75) is 32.4 Å². The number of hydrogen-bond acceptors (Lipinski definition) is 3. The van der Waals surface area contributed by atoms with E-state index in [-0.39, 0.29) is 0 Å². The minimum atomic E-state index is 0.416. The van der Waals surface area contributed by atoms with Crippen LogP contribution in [-0.2, 0) is 20.0 Å². The first-order valence-corrected chi connectivity index (χ1v) is 7.06. The third-order valence-corrected chi connectivity index (χ3v) is 4.31. The van der Waals surface area contributed by atoms with Crippen molar-refractivity contribution < 1.29 is 4.74 Å². The van der Waals surface area contributed by atoms with E-state index in [1.165, 1.54) is 22.4 Å². The molecule has 0 saturated heterocycles. The first kappa shape index (κ1) is 13.2. The highest BCUT2D eigenvalue weighted by Gasteiger charge is 2.22. The molecular formula is C16H21N3O. The van der Waals surface area contributed by atoms with Crippen molar-refractivity contribution in [1.82, 2.24) is 15.1 Å². The second kappa shape index (κ2) is 5.29. The molecule has 1 aliphatic carbocycles. The Labute approximate surface area is 119 Å². The zero-order valence-electron chi connectivity index (χ0n) is 12.3. The van der Waals surface area contributed by atoms with E-state index in [1.807, 2.05) is 24.0 Å². The number of aryl methyl sites for hydroxylation is 2. The molecule has 1 N–H and O–H groups in total. The summed E-state index contributed by atoms with van der Waals surface area (Å²) in [4.78, 5) is 0. The first-order valence-electron chi connectivity index (χ1n) is 7.06. The molecule has 0 saturated carbocycles. The molecular weight excluding hydrogens is 250 g/mol. The second-order valence-corrected chi connectivity index (χ2v) is 5.42. The normalized spacial score (nSPS) is 17.2. The quantitative estimate of drug-likeness (QED) is 0.928. The summed E-state index contributed by atoms with van der Waals surface area (Å²) in [6, 6.07) is 6.81. The van der Waals surface area contributed by atoms with Gasteiger partial charge in [0.15, 0.2) is 0 Å². The van der Waals surface area contributed by atoms with Crippen LogP contribution in [0.3, 0.4) is 0 Å². The van der Waals surface area contributed by atoms with Crippen molar-refractivity contribution in [3.05, 3.63) is 46.8 Å². The van der Waals surface area contributed by atoms with Gasteiger partial charge < -0.3 is 10.1 Å². The molecule has 2 aromatic rings. The zero-order valence-corrected chi connectivity index (χ0v) is 12.3. The van der Waals surface area contributed by atoms with Crippen molar-refractivity contribution in [3.8, 4) is 5.75 Å². The van der Waals surface area contributed by atoms with Crippen LogP contribution in [0, 0.1) is 6.92 Å². The van der Waals surface area contributed by atoms with Crippen LogP contribution in [-0.4, -0.2) is 16.9 Å². The summed E-state index contributed by atoms with van der Waals surface area (Å²) in [6.45, 7) is 2.97. The van der Waals surface area contributed by atoms with Crippen LogP contribution in [0.25, 0.3) is 0 Å². The van der Waals surface area contributed by atoms with Gasteiger partial charge in [0.05, 0.1) is 13.3 Å². The number of aromatic nitrogens is 2. The van der Waals surface area contributed by atoms with Crippen LogP contribution in [0.5, 0.6) is 5.75 Å². The van der Waals surface area contributed by atoms with Gasteiger partial charge in [0.2, 0.25) is 0 Å². The maximum Gasteiger partial charge on any atom is 0.119 e. The summed E-state index contributed by atoms with van der Waals surface area (Å²) < 4.78 is 7.25. The fraction of sp³-hybridized carbons (Fsp3) is 0.438. The topological polar surface area (TPSA) is 39.1 Å². The van der Waals surface area contributed by atoms with Crippen molar-refractivity contribution in [3.63, 3.8) is 0 Å². The molecule has 1 heterocycles. The molecule has 0 spiro atoms. The number of fused-ring (bicyclic) bond motifs is 1. The zero-order chi connectivity index (χ0) is 14.1. The van der Waals surface area contributed by atoms with Gasteiger partial charge in [-0.1, -0.05) is 6.07 Å². The predicted octanol–water partition coefficient (Wildman–Crippen LogP) is 2.51. The molecule has 1 aromatic heterocycles. The maximum absolute atomic E-state index is 5.33. The number of methoxy groups -OCH3 is 1. The molecule has 0 bridgehead atoms. The van der Waals surface area contributed by atoms with Gasteiger partial charge >= 0.3 is 0 Å². The minimum Gasteiger partial charge on any atom is -0.497 e. The Morgan fingerprint density at radius 1 is 1.45 bits per heavy atom. The molecule has 0 radical (unpaired) electrons. The van der Waals surface area contributed by atoms with Gasteiger partial charge in [0.25, 0.3) is 0 Å². The average Bonchev–Trinajstić information content (AvgIpc) is 3.01. The Kier molecular flexibility index (Phi) is 3.49. The highest BCUT2D eigenvalue weighted by Crippen LogP contribution is 2.33. The van der Waals surface area contributed by atoms with Crippen molar-refractivity contribution in [2.75, 3.05) is 7.11 Å². The SMILES string of the molecule is COc1ccc2c(c1)C(NCc1cnn(C)c1C)CC2. The third kappa shape index (κ3) is 2.31. The van der Waals surface area contributed by atoms with Gasteiger partial charge in [0.1, 0.15) is 5.75 Å². The van der Waals surface area contributed by atoms with E-state index in [9.17, 15) is 0 Å².